The summed E-state index contributed by atoms with van der Waals surface area (Å²) in [6.45, 7) is 5.47. The van der Waals surface area contributed by atoms with E-state index in [1.165, 1.54) is 0 Å². The molecule has 0 aromatic rings. The zero-order chi connectivity index (χ0) is 13.5. The minimum absolute atomic E-state index is 0.0743. The molecule has 4 N–H and O–H groups in total. The average Bonchev–Trinajstić information content (AvgIpc) is 2.70. The van der Waals surface area contributed by atoms with Gasteiger partial charge in [0.2, 0.25) is 5.91 Å². The van der Waals surface area contributed by atoms with E-state index in [4.69, 9.17) is 5.73 Å². The van der Waals surface area contributed by atoms with E-state index >= 15 is 0 Å². The molecule has 3 unspecified atom stereocenters. The van der Waals surface area contributed by atoms with Gasteiger partial charge < -0.3 is 16.2 Å². The van der Waals surface area contributed by atoms with Gasteiger partial charge in [-0.05, 0) is 37.6 Å². The number of nitrogens with two attached hydrogens (primary N) is 1. The van der Waals surface area contributed by atoms with Crippen molar-refractivity contribution in [1.82, 2.24) is 5.32 Å². The van der Waals surface area contributed by atoms with Gasteiger partial charge in [-0.25, -0.2) is 0 Å². The summed E-state index contributed by atoms with van der Waals surface area (Å²) in [4.78, 5) is 11.8. The van der Waals surface area contributed by atoms with Crippen molar-refractivity contribution in [2.75, 3.05) is 13.1 Å². The standard InChI is InChI=1S/C14H28N2O2/c1-10(2)6-11(8-15)7-14(18)16-9-12-4-3-5-13(12)17/h10-13,17H,3-9,15H2,1-2H3,(H,16,18). The first-order valence-corrected chi connectivity index (χ1v) is 7.17. The average molecular weight is 256 g/mol. The van der Waals surface area contributed by atoms with E-state index in [1.807, 2.05) is 0 Å². The van der Waals surface area contributed by atoms with Crippen LogP contribution in [0.4, 0.5) is 0 Å². The number of aliphatic hydroxyl groups excluding tert-OH is 1. The Hall–Kier alpha value is -0.610. The highest BCUT2D eigenvalue weighted by molar-refractivity contribution is 5.76. The molecule has 0 bridgehead atoms. The Morgan fingerprint density at radius 3 is 2.67 bits per heavy atom. The summed E-state index contributed by atoms with van der Waals surface area (Å²) in [6.07, 6.45) is 4.24. The molecular formula is C14H28N2O2. The third kappa shape index (κ3) is 5.36. The maximum Gasteiger partial charge on any atom is 0.220 e. The molecule has 0 spiro atoms. The van der Waals surface area contributed by atoms with E-state index in [1.54, 1.807) is 0 Å². The van der Waals surface area contributed by atoms with Crippen molar-refractivity contribution in [2.45, 2.75) is 52.1 Å². The first-order valence-electron chi connectivity index (χ1n) is 7.17. The molecule has 1 fully saturated rings. The number of hydrogen-bond donors (Lipinski definition) is 3. The summed E-state index contributed by atoms with van der Waals surface area (Å²) in [5, 5.41) is 12.6. The number of aliphatic hydroxyl groups is 1. The predicted octanol–water partition coefficient (Wildman–Crippen LogP) is 1.27. The maximum absolute atomic E-state index is 11.8. The molecule has 0 aromatic carbocycles. The van der Waals surface area contributed by atoms with E-state index in [9.17, 15) is 9.90 Å². The van der Waals surface area contributed by atoms with Crippen molar-refractivity contribution in [3.63, 3.8) is 0 Å². The van der Waals surface area contributed by atoms with Gasteiger partial charge in [0, 0.05) is 18.9 Å². The molecule has 0 aromatic heterocycles. The van der Waals surface area contributed by atoms with E-state index < -0.39 is 0 Å². The highest BCUT2D eigenvalue weighted by atomic mass is 16.3. The number of carbonyl (C=O) groups excluding carboxylic acids is 1. The van der Waals surface area contributed by atoms with Gasteiger partial charge in [0.25, 0.3) is 0 Å². The lowest BCUT2D eigenvalue weighted by Gasteiger charge is -2.18. The maximum atomic E-state index is 11.8. The fourth-order valence-electron chi connectivity index (χ4n) is 2.76. The third-order valence-corrected chi connectivity index (χ3v) is 3.79. The van der Waals surface area contributed by atoms with Crippen molar-refractivity contribution in [1.29, 1.82) is 0 Å². The van der Waals surface area contributed by atoms with Crippen LogP contribution in [-0.4, -0.2) is 30.2 Å². The van der Waals surface area contributed by atoms with E-state index in [0.29, 0.717) is 25.4 Å². The number of rotatable bonds is 7. The fourth-order valence-corrected chi connectivity index (χ4v) is 2.76. The molecule has 1 amide bonds. The summed E-state index contributed by atoms with van der Waals surface area (Å²) in [7, 11) is 0. The molecule has 18 heavy (non-hydrogen) atoms. The van der Waals surface area contributed by atoms with Crippen molar-refractivity contribution in [2.24, 2.45) is 23.5 Å². The molecule has 0 saturated heterocycles. The smallest absolute Gasteiger partial charge is 0.220 e. The molecule has 4 heteroatoms. The molecule has 1 saturated carbocycles. The minimum Gasteiger partial charge on any atom is -0.393 e. The molecule has 0 aliphatic heterocycles. The minimum atomic E-state index is -0.230. The second kappa shape index (κ2) is 7.74. The Morgan fingerprint density at radius 2 is 2.17 bits per heavy atom. The third-order valence-electron chi connectivity index (χ3n) is 3.79. The zero-order valence-corrected chi connectivity index (χ0v) is 11.7. The lowest BCUT2D eigenvalue weighted by molar-refractivity contribution is -0.122. The Labute approximate surface area is 110 Å². The first kappa shape index (κ1) is 15.4. The Kier molecular flexibility index (Phi) is 6.65. The van der Waals surface area contributed by atoms with Crippen LogP contribution in [0.25, 0.3) is 0 Å². The molecule has 106 valence electrons. The van der Waals surface area contributed by atoms with Crippen LogP contribution in [0.2, 0.25) is 0 Å². The van der Waals surface area contributed by atoms with Crippen LogP contribution in [0.1, 0.15) is 46.0 Å². The zero-order valence-electron chi connectivity index (χ0n) is 11.7. The van der Waals surface area contributed by atoms with E-state index in [-0.39, 0.29) is 23.8 Å². The van der Waals surface area contributed by atoms with Gasteiger partial charge in [-0.1, -0.05) is 20.3 Å². The molecule has 4 nitrogen and oxygen atoms in total. The van der Waals surface area contributed by atoms with Crippen molar-refractivity contribution in [3.05, 3.63) is 0 Å². The van der Waals surface area contributed by atoms with Crippen molar-refractivity contribution >= 4 is 5.91 Å². The highest BCUT2D eigenvalue weighted by Gasteiger charge is 2.25. The van der Waals surface area contributed by atoms with Gasteiger partial charge in [-0.2, -0.15) is 0 Å². The quantitative estimate of drug-likeness (QED) is 0.642. The molecule has 0 heterocycles. The Morgan fingerprint density at radius 1 is 1.44 bits per heavy atom. The monoisotopic (exact) mass is 256 g/mol. The molecule has 0 radical (unpaired) electrons. The van der Waals surface area contributed by atoms with Gasteiger partial charge in [-0.3, -0.25) is 4.79 Å². The Balaban J connectivity index is 2.23. The van der Waals surface area contributed by atoms with E-state index in [2.05, 4.69) is 19.2 Å². The lowest BCUT2D eigenvalue weighted by atomic mass is 9.94. The van der Waals surface area contributed by atoms with Crippen LogP contribution < -0.4 is 11.1 Å². The molecular weight excluding hydrogens is 228 g/mol. The normalized spacial score (nSPS) is 25.4. The molecule has 1 aliphatic carbocycles. The summed E-state index contributed by atoms with van der Waals surface area (Å²) >= 11 is 0. The van der Waals surface area contributed by atoms with Crippen LogP contribution in [0.3, 0.4) is 0 Å². The number of hydrogen-bond acceptors (Lipinski definition) is 3. The van der Waals surface area contributed by atoms with Crippen molar-refractivity contribution in [3.8, 4) is 0 Å². The van der Waals surface area contributed by atoms with Gasteiger partial charge in [0.15, 0.2) is 0 Å². The first-order chi connectivity index (χ1) is 8.52. The van der Waals surface area contributed by atoms with Crippen molar-refractivity contribution < 1.29 is 9.90 Å². The van der Waals surface area contributed by atoms with Gasteiger partial charge >= 0.3 is 0 Å². The van der Waals surface area contributed by atoms with Crippen LogP contribution in [0.5, 0.6) is 0 Å². The SMILES string of the molecule is CC(C)CC(CN)CC(=O)NCC1CCCC1O. The highest BCUT2D eigenvalue weighted by Crippen LogP contribution is 2.24. The van der Waals surface area contributed by atoms with E-state index in [0.717, 1.165) is 25.7 Å². The van der Waals surface area contributed by atoms with Crippen LogP contribution in [0.15, 0.2) is 0 Å². The lowest BCUT2D eigenvalue weighted by Crippen LogP contribution is -2.34. The number of carbonyl (C=O) groups is 1. The number of nitrogens with one attached hydrogen (secondary N) is 1. The van der Waals surface area contributed by atoms with Gasteiger partial charge in [-0.15, -0.1) is 0 Å². The summed E-state index contributed by atoms with van der Waals surface area (Å²) in [5.41, 5.74) is 5.69. The van der Waals surface area contributed by atoms with Crippen LogP contribution in [0, 0.1) is 17.8 Å². The predicted molar refractivity (Wildman–Crippen MR) is 73.0 cm³/mol. The summed E-state index contributed by atoms with van der Waals surface area (Å²) < 4.78 is 0. The molecule has 1 rings (SSSR count). The topological polar surface area (TPSA) is 75.4 Å². The second-order valence-corrected chi connectivity index (χ2v) is 6.00. The summed E-state index contributed by atoms with van der Waals surface area (Å²) in [5.74, 6) is 1.17. The summed E-state index contributed by atoms with van der Waals surface area (Å²) in [6, 6.07) is 0. The largest absolute Gasteiger partial charge is 0.393 e. The van der Waals surface area contributed by atoms with Gasteiger partial charge in [0.1, 0.15) is 0 Å². The van der Waals surface area contributed by atoms with Crippen LogP contribution in [-0.2, 0) is 4.79 Å². The van der Waals surface area contributed by atoms with Crippen LogP contribution >= 0.6 is 0 Å². The molecule has 3 atom stereocenters. The van der Waals surface area contributed by atoms with Gasteiger partial charge in [0.05, 0.1) is 6.10 Å². The molecule has 1 aliphatic rings. The Bertz CT molecular complexity index is 256. The second-order valence-electron chi connectivity index (χ2n) is 6.00. The fraction of sp³-hybridized carbons (Fsp3) is 0.929. The number of amides is 1.